The smallest absolute Gasteiger partial charge is 0.191 e. The molecule has 21 heavy (non-hydrogen) atoms. The van der Waals surface area contributed by atoms with Gasteiger partial charge in [0.15, 0.2) is 5.96 Å². The summed E-state index contributed by atoms with van der Waals surface area (Å²) >= 11 is 0. The second-order valence-electron chi connectivity index (χ2n) is 5.35. The van der Waals surface area contributed by atoms with Gasteiger partial charge in [-0.25, -0.2) is 0 Å². The van der Waals surface area contributed by atoms with E-state index in [1.54, 1.807) is 24.1 Å². The lowest BCUT2D eigenvalue weighted by Gasteiger charge is -2.37. The van der Waals surface area contributed by atoms with E-state index in [-0.39, 0.29) is 24.0 Å². The van der Waals surface area contributed by atoms with Crippen LogP contribution in [0, 0.1) is 0 Å². The maximum atomic E-state index is 10.0. The fraction of sp³-hybridized carbons (Fsp3) is 0.692. The Morgan fingerprint density at radius 1 is 1.52 bits per heavy atom. The van der Waals surface area contributed by atoms with E-state index in [9.17, 15) is 10.2 Å². The molecule has 7 nitrogen and oxygen atoms in total. The zero-order valence-electron chi connectivity index (χ0n) is 12.4. The number of halogens is 1. The van der Waals surface area contributed by atoms with Gasteiger partial charge < -0.3 is 20.8 Å². The monoisotopic (exact) mass is 409 g/mol. The number of aromatic nitrogens is 2. The standard InChI is InChI=1S/C13H23N5O2.HI/c1-14-12(16-9-13(20)4-3-5-13)15-7-11(19)10-6-17-18(2)8-10;/h6,8,11,19-20H,3-5,7,9H2,1-2H3,(H2,14,15,16);1H. The Kier molecular flexibility index (Phi) is 6.88. The molecule has 1 aliphatic rings. The molecule has 1 aliphatic carbocycles. The first kappa shape index (κ1) is 18.2. The second-order valence-corrected chi connectivity index (χ2v) is 5.35. The summed E-state index contributed by atoms with van der Waals surface area (Å²) in [5.41, 5.74) is 0.160. The summed E-state index contributed by atoms with van der Waals surface area (Å²) in [5.74, 6) is 0.577. The van der Waals surface area contributed by atoms with Crippen LogP contribution in [0.4, 0.5) is 0 Å². The van der Waals surface area contributed by atoms with Gasteiger partial charge in [0.1, 0.15) is 0 Å². The molecule has 0 aromatic carbocycles. The van der Waals surface area contributed by atoms with E-state index in [1.807, 2.05) is 7.05 Å². The first-order chi connectivity index (χ1) is 9.52. The zero-order valence-corrected chi connectivity index (χ0v) is 14.7. The minimum absolute atomic E-state index is 0. The molecule has 1 saturated carbocycles. The van der Waals surface area contributed by atoms with Crippen molar-refractivity contribution < 1.29 is 10.2 Å². The molecule has 4 N–H and O–H groups in total. The number of guanidine groups is 1. The summed E-state index contributed by atoms with van der Waals surface area (Å²) in [5, 5.41) is 30.2. The van der Waals surface area contributed by atoms with Crippen molar-refractivity contribution in [2.24, 2.45) is 12.0 Å². The topological polar surface area (TPSA) is 94.7 Å². The molecular formula is C13H24IN5O2. The lowest BCUT2D eigenvalue weighted by molar-refractivity contribution is -0.0279. The second kappa shape index (κ2) is 7.95. The van der Waals surface area contributed by atoms with Gasteiger partial charge in [-0.3, -0.25) is 9.67 Å². The van der Waals surface area contributed by atoms with Crippen LogP contribution in [0.1, 0.15) is 30.9 Å². The third-order valence-corrected chi connectivity index (χ3v) is 3.67. The predicted molar refractivity (Wildman–Crippen MR) is 91.7 cm³/mol. The summed E-state index contributed by atoms with van der Waals surface area (Å²) < 4.78 is 1.65. The average molecular weight is 409 g/mol. The van der Waals surface area contributed by atoms with Crippen LogP contribution in [0.2, 0.25) is 0 Å². The summed E-state index contributed by atoms with van der Waals surface area (Å²) in [6.45, 7) is 0.819. The van der Waals surface area contributed by atoms with Crippen LogP contribution in [0.15, 0.2) is 17.4 Å². The van der Waals surface area contributed by atoms with E-state index in [0.717, 1.165) is 24.8 Å². The van der Waals surface area contributed by atoms with Crippen molar-refractivity contribution in [1.82, 2.24) is 20.4 Å². The fourth-order valence-electron chi connectivity index (χ4n) is 2.15. The van der Waals surface area contributed by atoms with Crippen molar-refractivity contribution in [3.63, 3.8) is 0 Å². The molecule has 0 aliphatic heterocycles. The molecule has 8 heteroatoms. The van der Waals surface area contributed by atoms with Gasteiger partial charge >= 0.3 is 0 Å². The highest BCUT2D eigenvalue weighted by Gasteiger charge is 2.34. The Bertz CT molecular complexity index is 473. The van der Waals surface area contributed by atoms with E-state index in [4.69, 9.17) is 0 Å². The molecule has 1 unspecified atom stereocenters. The zero-order chi connectivity index (χ0) is 14.6. The van der Waals surface area contributed by atoms with Crippen molar-refractivity contribution >= 4 is 29.9 Å². The van der Waals surface area contributed by atoms with Crippen LogP contribution in [-0.2, 0) is 7.05 Å². The summed E-state index contributed by atoms with van der Waals surface area (Å²) in [4.78, 5) is 4.07. The lowest BCUT2D eigenvalue weighted by atomic mass is 9.80. The molecule has 120 valence electrons. The molecular weight excluding hydrogens is 385 g/mol. The molecule has 1 aromatic rings. The first-order valence-electron chi connectivity index (χ1n) is 6.86. The number of hydrogen-bond donors (Lipinski definition) is 4. The number of nitrogens with one attached hydrogen (secondary N) is 2. The Balaban J connectivity index is 0.00000220. The summed E-state index contributed by atoms with van der Waals surface area (Å²) in [6.07, 6.45) is 5.50. The SMILES string of the molecule is CN=C(NCC(O)c1cnn(C)c1)NCC1(O)CCC1.I. The van der Waals surface area contributed by atoms with Crippen LogP contribution in [0.5, 0.6) is 0 Å². The van der Waals surface area contributed by atoms with E-state index in [1.165, 1.54) is 0 Å². The third kappa shape index (κ3) is 5.11. The van der Waals surface area contributed by atoms with E-state index in [0.29, 0.717) is 19.0 Å². The van der Waals surface area contributed by atoms with Crippen LogP contribution in [0.3, 0.4) is 0 Å². The predicted octanol–water partition coefficient (Wildman–Crippen LogP) is 0.151. The summed E-state index contributed by atoms with van der Waals surface area (Å²) in [7, 11) is 3.47. The van der Waals surface area contributed by atoms with Crippen molar-refractivity contribution in [3.8, 4) is 0 Å². The molecule has 1 atom stereocenters. The van der Waals surface area contributed by atoms with Gasteiger partial charge in [-0.1, -0.05) is 0 Å². The highest BCUT2D eigenvalue weighted by Crippen LogP contribution is 2.30. The molecule has 1 aromatic heterocycles. The molecule has 1 fully saturated rings. The lowest BCUT2D eigenvalue weighted by Crippen LogP contribution is -2.51. The minimum Gasteiger partial charge on any atom is -0.388 e. The van der Waals surface area contributed by atoms with Gasteiger partial charge in [-0.05, 0) is 19.3 Å². The van der Waals surface area contributed by atoms with Gasteiger partial charge in [-0.15, -0.1) is 24.0 Å². The van der Waals surface area contributed by atoms with Gasteiger partial charge in [0, 0.05) is 38.9 Å². The molecule has 2 rings (SSSR count). The molecule has 0 saturated heterocycles. The van der Waals surface area contributed by atoms with Gasteiger partial charge in [0.05, 0.1) is 17.9 Å². The average Bonchev–Trinajstić information content (AvgIpc) is 2.83. The number of aryl methyl sites for hydroxylation is 1. The summed E-state index contributed by atoms with van der Waals surface area (Å²) in [6, 6.07) is 0. The van der Waals surface area contributed by atoms with Crippen LogP contribution in [0.25, 0.3) is 0 Å². The Hall–Kier alpha value is -0.870. The number of rotatable bonds is 5. The maximum absolute atomic E-state index is 10.0. The van der Waals surface area contributed by atoms with Gasteiger partial charge in [0.25, 0.3) is 0 Å². The normalized spacial score (nSPS) is 18.4. The first-order valence-corrected chi connectivity index (χ1v) is 6.86. The van der Waals surface area contributed by atoms with Crippen molar-refractivity contribution in [2.45, 2.75) is 31.0 Å². The van der Waals surface area contributed by atoms with Crippen molar-refractivity contribution in [3.05, 3.63) is 18.0 Å². The van der Waals surface area contributed by atoms with Crippen LogP contribution >= 0.6 is 24.0 Å². The van der Waals surface area contributed by atoms with E-state index >= 15 is 0 Å². The van der Waals surface area contributed by atoms with Gasteiger partial charge in [0.2, 0.25) is 0 Å². The maximum Gasteiger partial charge on any atom is 0.191 e. The Labute approximate surface area is 141 Å². The molecule has 0 spiro atoms. The van der Waals surface area contributed by atoms with Crippen molar-refractivity contribution in [2.75, 3.05) is 20.1 Å². The number of hydrogen-bond acceptors (Lipinski definition) is 4. The Morgan fingerprint density at radius 3 is 2.71 bits per heavy atom. The van der Waals surface area contributed by atoms with Crippen LogP contribution < -0.4 is 10.6 Å². The largest absolute Gasteiger partial charge is 0.388 e. The molecule has 1 heterocycles. The highest BCUT2D eigenvalue weighted by molar-refractivity contribution is 14.0. The number of aliphatic hydroxyl groups is 2. The molecule has 0 radical (unpaired) electrons. The third-order valence-electron chi connectivity index (χ3n) is 3.67. The number of aliphatic imine (C=N–C) groups is 1. The minimum atomic E-state index is -0.644. The van der Waals surface area contributed by atoms with Crippen molar-refractivity contribution in [1.29, 1.82) is 0 Å². The molecule has 0 amide bonds. The van der Waals surface area contributed by atoms with Gasteiger partial charge in [-0.2, -0.15) is 5.10 Å². The number of nitrogens with zero attached hydrogens (tertiary/aromatic N) is 3. The van der Waals surface area contributed by atoms with Crippen LogP contribution in [-0.4, -0.2) is 51.7 Å². The number of aliphatic hydroxyl groups excluding tert-OH is 1. The highest BCUT2D eigenvalue weighted by atomic mass is 127. The van der Waals surface area contributed by atoms with E-state index in [2.05, 4.69) is 20.7 Å². The van der Waals surface area contributed by atoms with E-state index < -0.39 is 11.7 Å². The fourth-order valence-corrected chi connectivity index (χ4v) is 2.15. The molecule has 0 bridgehead atoms. The quantitative estimate of drug-likeness (QED) is 0.316. The Morgan fingerprint density at radius 2 is 2.24 bits per heavy atom.